The van der Waals surface area contributed by atoms with E-state index in [1.54, 1.807) is 11.1 Å². The molecule has 0 aliphatic heterocycles. The molecule has 0 unspecified atom stereocenters. The monoisotopic (exact) mass is 218 g/mol. The van der Waals surface area contributed by atoms with E-state index in [4.69, 9.17) is 0 Å². The summed E-state index contributed by atoms with van der Waals surface area (Å²) in [5.74, 6) is 0. The molecule has 0 aromatic heterocycles. The van der Waals surface area contributed by atoms with Crippen LogP contribution in [0.3, 0.4) is 0 Å². The average Bonchev–Trinajstić information content (AvgIpc) is 2.73. The van der Waals surface area contributed by atoms with Gasteiger partial charge in [0.2, 0.25) is 0 Å². The van der Waals surface area contributed by atoms with Gasteiger partial charge < -0.3 is 0 Å². The highest BCUT2D eigenvalue weighted by atomic mass is 14.1. The lowest BCUT2D eigenvalue weighted by Crippen LogP contribution is -1.87. The van der Waals surface area contributed by atoms with E-state index in [-0.39, 0.29) is 0 Å². The maximum Gasteiger partial charge on any atom is -0.0130 e. The van der Waals surface area contributed by atoms with Crippen LogP contribution >= 0.6 is 0 Å². The van der Waals surface area contributed by atoms with Gasteiger partial charge in [-0.1, -0.05) is 62.7 Å². The molecule has 0 N–H and O–H groups in total. The third-order valence-corrected chi connectivity index (χ3v) is 4.06. The molecule has 0 spiro atoms. The molecular formula is C16H26. The average molecular weight is 218 g/mol. The fourth-order valence-corrected chi connectivity index (χ4v) is 3.01. The molecule has 0 aromatic rings. The fraction of sp³-hybridized carbons (Fsp3) is 0.750. The second kappa shape index (κ2) is 6.93. The Hall–Kier alpha value is -0.520. The molecule has 0 amide bonds. The SMILES string of the molecule is C1=CC2=C(C1)CCCCCCCCCCC2. The molecule has 0 atom stereocenters. The lowest BCUT2D eigenvalue weighted by atomic mass is 9.99. The molecule has 0 heterocycles. The number of allylic oxidation sites excluding steroid dienone is 4. The van der Waals surface area contributed by atoms with E-state index >= 15 is 0 Å². The molecular weight excluding hydrogens is 192 g/mol. The molecule has 2 aliphatic carbocycles. The van der Waals surface area contributed by atoms with Crippen LogP contribution < -0.4 is 0 Å². The summed E-state index contributed by atoms with van der Waals surface area (Å²) in [6, 6.07) is 0. The normalized spacial score (nSPS) is 24.5. The Morgan fingerprint density at radius 1 is 0.625 bits per heavy atom. The summed E-state index contributed by atoms with van der Waals surface area (Å²) in [7, 11) is 0. The van der Waals surface area contributed by atoms with Gasteiger partial charge in [-0.25, -0.2) is 0 Å². The highest BCUT2D eigenvalue weighted by Gasteiger charge is 2.09. The van der Waals surface area contributed by atoms with Crippen molar-refractivity contribution in [3.8, 4) is 0 Å². The smallest absolute Gasteiger partial charge is 0.0130 e. The molecule has 0 saturated heterocycles. The van der Waals surface area contributed by atoms with Crippen molar-refractivity contribution in [2.24, 2.45) is 0 Å². The van der Waals surface area contributed by atoms with Crippen molar-refractivity contribution >= 4 is 0 Å². The van der Waals surface area contributed by atoms with Gasteiger partial charge in [0, 0.05) is 0 Å². The van der Waals surface area contributed by atoms with Crippen molar-refractivity contribution < 1.29 is 0 Å². The van der Waals surface area contributed by atoms with E-state index in [0.717, 1.165) is 0 Å². The highest BCUT2D eigenvalue weighted by molar-refractivity contribution is 5.33. The summed E-state index contributed by atoms with van der Waals surface area (Å²) in [5, 5.41) is 0. The Kier molecular flexibility index (Phi) is 5.18. The van der Waals surface area contributed by atoms with E-state index in [2.05, 4.69) is 12.2 Å². The molecule has 2 aliphatic rings. The standard InChI is InChI=1S/C16H26/c1-2-4-6-8-11-15-13-10-14-16(15)12-9-7-5-3-1/h10,13H,1-9,11-12,14H2. The summed E-state index contributed by atoms with van der Waals surface area (Å²) in [5.41, 5.74) is 3.46. The first kappa shape index (κ1) is 12.0. The largest absolute Gasteiger partial charge is 0.0802 e. The zero-order valence-corrected chi connectivity index (χ0v) is 10.6. The molecule has 2 rings (SSSR count). The third-order valence-electron chi connectivity index (χ3n) is 4.06. The van der Waals surface area contributed by atoms with Crippen LogP contribution in [0.4, 0.5) is 0 Å². The fourth-order valence-electron chi connectivity index (χ4n) is 3.01. The molecule has 90 valence electrons. The number of hydrogen-bond acceptors (Lipinski definition) is 0. The van der Waals surface area contributed by atoms with E-state index in [1.165, 1.54) is 77.0 Å². The van der Waals surface area contributed by atoms with Gasteiger partial charge in [-0.2, -0.15) is 0 Å². The topological polar surface area (TPSA) is 0 Å². The van der Waals surface area contributed by atoms with Crippen LogP contribution in [0.15, 0.2) is 23.3 Å². The molecule has 0 radical (unpaired) electrons. The van der Waals surface area contributed by atoms with Gasteiger partial charge in [0.05, 0.1) is 0 Å². The van der Waals surface area contributed by atoms with Gasteiger partial charge in [-0.15, -0.1) is 0 Å². The van der Waals surface area contributed by atoms with Gasteiger partial charge >= 0.3 is 0 Å². The van der Waals surface area contributed by atoms with Crippen LogP contribution in [0.2, 0.25) is 0 Å². The molecule has 0 bridgehead atoms. The Bertz CT molecular complexity index is 257. The Morgan fingerprint density at radius 3 is 1.88 bits per heavy atom. The van der Waals surface area contributed by atoms with Gasteiger partial charge in [-0.3, -0.25) is 0 Å². The minimum Gasteiger partial charge on any atom is -0.0802 e. The van der Waals surface area contributed by atoms with Gasteiger partial charge in [0.15, 0.2) is 0 Å². The molecule has 0 heteroatoms. The number of rotatable bonds is 0. The summed E-state index contributed by atoms with van der Waals surface area (Å²) >= 11 is 0. The van der Waals surface area contributed by atoms with Crippen LogP contribution in [0, 0.1) is 0 Å². The zero-order valence-electron chi connectivity index (χ0n) is 10.6. The minimum atomic E-state index is 1.26. The van der Waals surface area contributed by atoms with Crippen LogP contribution in [0.5, 0.6) is 0 Å². The molecule has 0 aromatic carbocycles. The van der Waals surface area contributed by atoms with E-state index in [9.17, 15) is 0 Å². The van der Waals surface area contributed by atoms with Gasteiger partial charge in [0.1, 0.15) is 0 Å². The highest BCUT2D eigenvalue weighted by Crippen LogP contribution is 2.28. The van der Waals surface area contributed by atoms with Gasteiger partial charge in [-0.05, 0) is 37.7 Å². The molecule has 0 fully saturated rings. The lowest BCUT2D eigenvalue weighted by molar-refractivity contribution is 0.563. The predicted octanol–water partition coefficient (Wildman–Crippen LogP) is 5.55. The first-order chi connectivity index (χ1) is 7.97. The second-order valence-electron chi connectivity index (χ2n) is 5.42. The van der Waals surface area contributed by atoms with Crippen molar-refractivity contribution in [1.29, 1.82) is 0 Å². The number of hydrogen-bond donors (Lipinski definition) is 0. The van der Waals surface area contributed by atoms with E-state index in [0.29, 0.717) is 0 Å². The Balaban J connectivity index is 1.85. The van der Waals surface area contributed by atoms with Crippen molar-refractivity contribution in [3.05, 3.63) is 23.3 Å². The first-order valence-corrected chi connectivity index (χ1v) is 7.34. The predicted molar refractivity (Wildman–Crippen MR) is 71.6 cm³/mol. The lowest BCUT2D eigenvalue weighted by Gasteiger charge is -2.06. The summed E-state index contributed by atoms with van der Waals surface area (Å²) < 4.78 is 0. The van der Waals surface area contributed by atoms with Crippen LogP contribution in [0.25, 0.3) is 0 Å². The molecule has 0 nitrogen and oxygen atoms in total. The summed E-state index contributed by atoms with van der Waals surface area (Å²) in [6.45, 7) is 0. The minimum absolute atomic E-state index is 1.26. The van der Waals surface area contributed by atoms with Gasteiger partial charge in [0.25, 0.3) is 0 Å². The van der Waals surface area contributed by atoms with E-state index < -0.39 is 0 Å². The maximum atomic E-state index is 2.40. The maximum absolute atomic E-state index is 2.40. The van der Waals surface area contributed by atoms with Crippen molar-refractivity contribution in [1.82, 2.24) is 0 Å². The van der Waals surface area contributed by atoms with Crippen molar-refractivity contribution in [2.75, 3.05) is 0 Å². The Labute approximate surface area is 101 Å². The first-order valence-electron chi connectivity index (χ1n) is 7.34. The van der Waals surface area contributed by atoms with Crippen molar-refractivity contribution in [2.45, 2.75) is 77.0 Å². The Morgan fingerprint density at radius 2 is 1.19 bits per heavy atom. The quantitative estimate of drug-likeness (QED) is 0.500. The second-order valence-corrected chi connectivity index (χ2v) is 5.42. The summed E-state index contributed by atoms with van der Waals surface area (Å²) in [4.78, 5) is 0. The summed E-state index contributed by atoms with van der Waals surface area (Å²) in [6.07, 6.45) is 21.9. The van der Waals surface area contributed by atoms with Crippen molar-refractivity contribution in [3.63, 3.8) is 0 Å². The van der Waals surface area contributed by atoms with Crippen LogP contribution in [-0.4, -0.2) is 0 Å². The molecule has 16 heavy (non-hydrogen) atoms. The van der Waals surface area contributed by atoms with Crippen LogP contribution in [0.1, 0.15) is 77.0 Å². The molecule has 0 saturated carbocycles. The third kappa shape index (κ3) is 3.81. The van der Waals surface area contributed by atoms with E-state index in [1.807, 2.05) is 0 Å². The zero-order chi connectivity index (χ0) is 11.1. The van der Waals surface area contributed by atoms with Crippen LogP contribution in [-0.2, 0) is 0 Å².